The van der Waals surface area contributed by atoms with Crippen LogP contribution in [0.1, 0.15) is 15.9 Å². The smallest absolute Gasteiger partial charge is 0.337 e. The maximum Gasteiger partial charge on any atom is 0.337 e. The summed E-state index contributed by atoms with van der Waals surface area (Å²) in [5, 5.41) is 9.65. The van der Waals surface area contributed by atoms with E-state index in [1.165, 1.54) is 12.1 Å². The third kappa shape index (κ3) is 2.17. The van der Waals surface area contributed by atoms with E-state index in [1.807, 2.05) is 6.92 Å². The van der Waals surface area contributed by atoms with Gasteiger partial charge in [-0.15, -0.1) is 0 Å². The largest absolute Gasteiger partial charge is 0.478 e. The average molecular weight is 315 g/mol. The van der Waals surface area contributed by atoms with Crippen LogP contribution >= 0.6 is 0 Å². The minimum atomic E-state index is -3.84. The zero-order valence-corrected chi connectivity index (χ0v) is 12.5. The van der Waals surface area contributed by atoms with Crippen molar-refractivity contribution in [3.63, 3.8) is 0 Å². The van der Waals surface area contributed by atoms with Crippen molar-refractivity contribution < 1.29 is 18.3 Å². The Morgan fingerprint density at radius 3 is 2.32 bits per heavy atom. The maximum atomic E-state index is 12.8. The third-order valence-electron chi connectivity index (χ3n) is 3.49. The first-order valence-corrected chi connectivity index (χ1v) is 8.01. The number of fused-ring (bicyclic) bond motifs is 1. The predicted molar refractivity (Wildman–Crippen MR) is 82.7 cm³/mol. The van der Waals surface area contributed by atoms with Gasteiger partial charge in [0.1, 0.15) is 0 Å². The fourth-order valence-corrected chi connectivity index (χ4v) is 3.71. The third-order valence-corrected chi connectivity index (χ3v) is 5.17. The fourth-order valence-electron chi connectivity index (χ4n) is 2.34. The summed E-state index contributed by atoms with van der Waals surface area (Å²) >= 11 is 0. The molecular weight excluding hydrogens is 302 g/mol. The van der Waals surface area contributed by atoms with E-state index in [0.717, 1.165) is 15.7 Å². The summed E-state index contributed by atoms with van der Waals surface area (Å²) in [6.07, 6.45) is 1.15. The van der Waals surface area contributed by atoms with Crippen LogP contribution in [0.15, 0.2) is 59.6 Å². The van der Waals surface area contributed by atoms with Crippen LogP contribution in [0.2, 0.25) is 0 Å². The number of hydrogen-bond donors (Lipinski definition) is 1. The highest BCUT2D eigenvalue weighted by molar-refractivity contribution is 7.90. The molecule has 112 valence electrons. The van der Waals surface area contributed by atoms with Crippen molar-refractivity contribution in [1.82, 2.24) is 3.97 Å². The van der Waals surface area contributed by atoms with Crippen LogP contribution in [0.25, 0.3) is 10.9 Å². The average Bonchev–Trinajstić information content (AvgIpc) is 2.88. The molecule has 3 rings (SSSR count). The van der Waals surface area contributed by atoms with Crippen LogP contribution in [0.3, 0.4) is 0 Å². The summed E-state index contributed by atoms with van der Waals surface area (Å²) < 4.78 is 26.6. The second kappa shape index (κ2) is 4.99. The summed E-state index contributed by atoms with van der Waals surface area (Å²) in [7, 11) is -3.84. The standard InChI is InChI=1S/C16H13NO4S/c1-11-6-8-12(9-7-11)22(20,21)17-10-14(16(18)19)13-4-2-3-5-15(13)17/h2-10H,1H3,(H,18,19). The van der Waals surface area contributed by atoms with Gasteiger partial charge < -0.3 is 5.11 Å². The van der Waals surface area contributed by atoms with Gasteiger partial charge >= 0.3 is 5.97 Å². The van der Waals surface area contributed by atoms with Crippen molar-refractivity contribution in [2.75, 3.05) is 0 Å². The van der Waals surface area contributed by atoms with E-state index in [4.69, 9.17) is 0 Å². The summed E-state index contributed by atoms with van der Waals surface area (Å²) in [4.78, 5) is 11.4. The quantitative estimate of drug-likeness (QED) is 0.806. The topological polar surface area (TPSA) is 76.4 Å². The monoisotopic (exact) mass is 315 g/mol. The number of rotatable bonds is 3. The van der Waals surface area contributed by atoms with Gasteiger partial charge in [0, 0.05) is 11.6 Å². The number of benzene rings is 2. The number of hydrogen-bond acceptors (Lipinski definition) is 3. The minimum absolute atomic E-state index is 0.0358. The molecule has 0 spiro atoms. The molecule has 1 heterocycles. The molecule has 0 atom stereocenters. The van der Waals surface area contributed by atoms with Gasteiger partial charge in [0.15, 0.2) is 0 Å². The number of aryl methyl sites for hydroxylation is 1. The molecule has 1 N–H and O–H groups in total. The second-order valence-corrected chi connectivity index (χ2v) is 6.79. The van der Waals surface area contributed by atoms with Gasteiger partial charge in [-0.1, -0.05) is 35.9 Å². The van der Waals surface area contributed by atoms with E-state index < -0.39 is 16.0 Å². The van der Waals surface area contributed by atoms with Gasteiger partial charge in [0.25, 0.3) is 10.0 Å². The Labute approximate surface area is 127 Å². The van der Waals surface area contributed by atoms with Gasteiger partial charge in [-0.2, -0.15) is 0 Å². The van der Waals surface area contributed by atoms with Crippen molar-refractivity contribution in [2.45, 2.75) is 11.8 Å². The Balaban J connectivity index is 2.30. The van der Waals surface area contributed by atoms with Crippen LogP contribution in [-0.4, -0.2) is 23.5 Å². The molecule has 0 saturated carbocycles. The first-order valence-electron chi connectivity index (χ1n) is 6.57. The Kier molecular flexibility index (Phi) is 3.26. The Morgan fingerprint density at radius 2 is 1.68 bits per heavy atom. The molecule has 0 bridgehead atoms. The van der Waals surface area contributed by atoms with Crippen molar-refractivity contribution in [3.05, 3.63) is 65.9 Å². The molecular formula is C16H13NO4S. The molecule has 0 aliphatic carbocycles. The van der Waals surface area contributed by atoms with Crippen LogP contribution in [0.5, 0.6) is 0 Å². The molecule has 0 amide bonds. The van der Waals surface area contributed by atoms with E-state index in [9.17, 15) is 18.3 Å². The Hall–Kier alpha value is -2.60. The minimum Gasteiger partial charge on any atom is -0.478 e. The van der Waals surface area contributed by atoms with Crippen molar-refractivity contribution in [3.8, 4) is 0 Å². The SMILES string of the molecule is Cc1ccc(S(=O)(=O)n2cc(C(=O)O)c3ccccc32)cc1. The lowest BCUT2D eigenvalue weighted by Gasteiger charge is -2.07. The van der Waals surface area contributed by atoms with Crippen molar-refractivity contribution in [2.24, 2.45) is 0 Å². The van der Waals surface area contributed by atoms with E-state index >= 15 is 0 Å². The Bertz CT molecular complexity index is 969. The van der Waals surface area contributed by atoms with Crippen LogP contribution in [0, 0.1) is 6.92 Å². The molecule has 0 radical (unpaired) electrons. The van der Waals surface area contributed by atoms with E-state index in [-0.39, 0.29) is 10.5 Å². The number of aromatic carboxylic acids is 1. The van der Waals surface area contributed by atoms with Gasteiger partial charge in [-0.05, 0) is 25.1 Å². The highest BCUT2D eigenvalue weighted by Crippen LogP contribution is 2.26. The van der Waals surface area contributed by atoms with Gasteiger partial charge in [-0.3, -0.25) is 0 Å². The molecule has 2 aromatic carbocycles. The highest BCUT2D eigenvalue weighted by Gasteiger charge is 2.23. The Morgan fingerprint density at radius 1 is 1.05 bits per heavy atom. The van der Waals surface area contributed by atoms with Crippen LogP contribution in [0.4, 0.5) is 0 Å². The van der Waals surface area contributed by atoms with Crippen LogP contribution < -0.4 is 0 Å². The molecule has 5 nitrogen and oxygen atoms in total. The van der Waals surface area contributed by atoms with Gasteiger partial charge in [0.2, 0.25) is 0 Å². The second-order valence-electron chi connectivity index (χ2n) is 4.98. The summed E-state index contributed by atoms with van der Waals surface area (Å²) in [6, 6.07) is 13.0. The van der Waals surface area contributed by atoms with Gasteiger partial charge in [0.05, 0.1) is 16.0 Å². The van der Waals surface area contributed by atoms with Crippen molar-refractivity contribution >= 4 is 26.9 Å². The summed E-state index contributed by atoms with van der Waals surface area (Å²) in [5.41, 5.74) is 1.26. The first-order chi connectivity index (χ1) is 10.4. The number of carboxylic acid groups (broad SMARTS) is 1. The number of nitrogens with zero attached hydrogens (tertiary/aromatic N) is 1. The molecule has 0 aliphatic heterocycles. The van der Waals surface area contributed by atoms with E-state index in [0.29, 0.717) is 10.9 Å². The summed E-state index contributed by atoms with van der Waals surface area (Å²) in [5.74, 6) is -1.16. The lowest BCUT2D eigenvalue weighted by Crippen LogP contribution is -2.12. The van der Waals surface area contributed by atoms with Crippen LogP contribution in [-0.2, 0) is 10.0 Å². The lowest BCUT2D eigenvalue weighted by atomic mass is 10.2. The number of carbonyl (C=O) groups is 1. The molecule has 22 heavy (non-hydrogen) atoms. The first kappa shape index (κ1) is 14.3. The molecule has 6 heteroatoms. The predicted octanol–water partition coefficient (Wildman–Crippen LogP) is 2.88. The molecule has 0 fully saturated rings. The van der Waals surface area contributed by atoms with E-state index in [1.54, 1.807) is 36.4 Å². The fraction of sp³-hybridized carbons (Fsp3) is 0.0625. The zero-order valence-electron chi connectivity index (χ0n) is 11.7. The number of aromatic nitrogens is 1. The number of para-hydroxylation sites is 1. The normalized spacial score (nSPS) is 11.7. The number of carboxylic acids is 1. The molecule has 0 saturated heterocycles. The lowest BCUT2D eigenvalue weighted by molar-refractivity contribution is 0.0699. The van der Waals surface area contributed by atoms with Gasteiger partial charge in [-0.25, -0.2) is 17.2 Å². The van der Waals surface area contributed by atoms with E-state index in [2.05, 4.69) is 0 Å². The summed E-state index contributed by atoms with van der Waals surface area (Å²) in [6.45, 7) is 1.87. The molecule has 3 aromatic rings. The molecule has 1 aromatic heterocycles. The molecule has 0 aliphatic rings. The van der Waals surface area contributed by atoms with Crippen molar-refractivity contribution in [1.29, 1.82) is 0 Å². The molecule has 0 unspecified atom stereocenters. The zero-order chi connectivity index (χ0) is 15.9. The highest BCUT2D eigenvalue weighted by atomic mass is 32.2. The maximum absolute atomic E-state index is 12.8.